The van der Waals surface area contributed by atoms with Gasteiger partial charge in [-0.1, -0.05) is 58.9 Å². The lowest BCUT2D eigenvalue weighted by atomic mass is 9.32. The van der Waals surface area contributed by atoms with E-state index in [9.17, 15) is 22.7 Å². The van der Waals surface area contributed by atoms with Gasteiger partial charge in [-0.3, -0.25) is 4.79 Å². The number of carboxylic acid groups (broad SMARTS) is 1. The third kappa shape index (κ3) is 5.87. The van der Waals surface area contributed by atoms with E-state index >= 15 is 0 Å². The number of halogens is 1. The first kappa shape index (κ1) is 38.8. The molecule has 6 aliphatic carbocycles. The molecule has 5 fully saturated rings. The van der Waals surface area contributed by atoms with Gasteiger partial charge in [0, 0.05) is 32.7 Å². The van der Waals surface area contributed by atoms with Gasteiger partial charge in [-0.05, 0) is 152 Å². The first-order valence-electron chi connectivity index (χ1n) is 20.9. The minimum atomic E-state index is -2.85. The van der Waals surface area contributed by atoms with E-state index in [1.165, 1.54) is 68.1 Å². The second-order valence-electron chi connectivity index (χ2n) is 20.4. The number of nitrogens with zero attached hydrogens (tertiary/aromatic N) is 1. The third-order valence-corrected chi connectivity index (χ3v) is 19.6. The summed E-state index contributed by atoms with van der Waals surface area (Å²) in [5, 5.41) is 13.8. The van der Waals surface area contributed by atoms with Crippen LogP contribution in [0.3, 0.4) is 0 Å². The summed E-state index contributed by atoms with van der Waals surface area (Å²) < 4.78 is 37.9. The van der Waals surface area contributed by atoms with Crippen LogP contribution < -0.4 is 5.32 Å². The Morgan fingerprint density at radius 1 is 0.942 bits per heavy atom. The van der Waals surface area contributed by atoms with E-state index in [1.807, 2.05) is 0 Å². The molecular formula is C44H69FN2O4S. The molecule has 0 radical (unpaired) electrons. The SMILES string of the molecule is C=C(C)[C@@H]1CC[C@]2(CNCCN3CCS(=O)(=O)CC3)CC[C@]3(C)[C@H](CC[C@@H]4[C@@]5(C)CC=C(C6=CCC(CF)(C(=O)O)CC6)C(C)(C)[C@@H]5CC[C@]43C)[C@@H]12. The zero-order chi connectivity index (χ0) is 37.5. The van der Waals surface area contributed by atoms with Crippen LogP contribution in [0.4, 0.5) is 4.39 Å². The molecule has 7 aliphatic rings. The van der Waals surface area contributed by atoms with Crippen molar-refractivity contribution in [3.63, 3.8) is 0 Å². The molecule has 7 rings (SSSR count). The number of sulfone groups is 1. The van der Waals surface area contributed by atoms with Gasteiger partial charge in [0.25, 0.3) is 0 Å². The van der Waals surface area contributed by atoms with E-state index < -0.39 is 27.9 Å². The number of aliphatic carboxylic acids is 1. The maximum atomic E-state index is 14.0. The fourth-order valence-electron chi connectivity index (χ4n) is 14.8. The van der Waals surface area contributed by atoms with Gasteiger partial charge in [0.05, 0.1) is 16.9 Å². The first-order valence-corrected chi connectivity index (χ1v) is 22.7. The average molecular weight is 741 g/mol. The summed E-state index contributed by atoms with van der Waals surface area (Å²) in [4.78, 5) is 14.3. The normalized spacial score (nSPS) is 45.4. The molecule has 0 aromatic carbocycles. The molecule has 52 heavy (non-hydrogen) atoms. The largest absolute Gasteiger partial charge is 0.481 e. The van der Waals surface area contributed by atoms with Gasteiger partial charge in [0.15, 0.2) is 9.84 Å². The van der Waals surface area contributed by atoms with Crippen molar-refractivity contribution in [3.8, 4) is 0 Å². The Bertz CT molecular complexity index is 1610. The maximum Gasteiger partial charge on any atom is 0.312 e. The number of fused-ring (bicyclic) bond motifs is 7. The highest BCUT2D eigenvalue weighted by Gasteiger charge is 2.70. The highest BCUT2D eigenvalue weighted by Crippen LogP contribution is 2.77. The number of carboxylic acids is 1. The van der Waals surface area contributed by atoms with Crippen LogP contribution in [0, 0.1) is 62.1 Å². The topological polar surface area (TPSA) is 86.7 Å². The number of carbonyl (C=O) groups is 1. The predicted molar refractivity (Wildman–Crippen MR) is 208 cm³/mol. The summed E-state index contributed by atoms with van der Waals surface area (Å²) >= 11 is 0. The fraction of sp³-hybridized carbons (Fsp3) is 0.841. The molecule has 292 valence electrons. The Labute approximate surface area is 314 Å². The monoisotopic (exact) mass is 740 g/mol. The summed E-state index contributed by atoms with van der Waals surface area (Å²) in [6, 6.07) is 0. The standard InChI is InChI=1S/C44H69FN2O4S/c1-30(2)32-12-19-44(29-46-22-23-47-24-26-52(50,51)27-25-47)21-20-41(6)34(37(32)44)8-9-36-40(5)15-13-33(39(3,4)35(40)14-16-42(36,41)7)31-10-17-43(28-45,18-11-31)38(48)49/h10,13,32,34-37,46H,1,8-9,11-12,14-29H2,2-7H3,(H,48,49)/t32-,34+,35-,36+,37+,40-,41+,42+,43?,44+/m0/s1. The van der Waals surface area contributed by atoms with Crippen molar-refractivity contribution in [2.45, 2.75) is 119 Å². The number of alkyl halides is 1. The van der Waals surface area contributed by atoms with Crippen LogP contribution >= 0.6 is 0 Å². The van der Waals surface area contributed by atoms with Crippen LogP contribution in [-0.2, 0) is 14.6 Å². The molecule has 1 saturated heterocycles. The average Bonchev–Trinajstić information content (AvgIpc) is 3.48. The van der Waals surface area contributed by atoms with E-state index in [0.717, 1.165) is 26.1 Å². The molecule has 0 aromatic rings. The Balaban J connectivity index is 1.11. The van der Waals surface area contributed by atoms with E-state index in [2.05, 4.69) is 70.5 Å². The van der Waals surface area contributed by atoms with E-state index in [1.54, 1.807) is 0 Å². The number of allylic oxidation sites excluding steroid dienone is 5. The van der Waals surface area contributed by atoms with Crippen molar-refractivity contribution >= 4 is 15.8 Å². The Morgan fingerprint density at radius 3 is 2.31 bits per heavy atom. The highest BCUT2D eigenvalue weighted by molar-refractivity contribution is 7.91. The van der Waals surface area contributed by atoms with Crippen LogP contribution in [0.15, 0.2) is 35.5 Å². The Morgan fingerprint density at radius 2 is 1.67 bits per heavy atom. The van der Waals surface area contributed by atoms with Crippen molar-refractivity contribution in [3.05, 3.63) is 35.5 Å². The summed E-state index contributed by atoms with van der Waals surface area (Å²) in [6.07, 6.45) is 17.3. The number of rotatable bonds is 9. The quantitative estimate of drug-likeness (QED) is 0.182. The molecule has 1 aliphatic heterocycles. The maximum absolute atomic E-state index is 14.0. The van der Waals surface area contributed by atoms with E-state index in [0.29, 0.717) is 72.4 Å². The lowest BCUT2D eigenvalue weighted by Gasteiger charge is -2.72. The van der Waals surface area contributed by atoms with Crippen molar-refractivity contribution in [2.75, 3.05) is 50.9 Å². The fourth-order valence-corrected chi connectivity index (χ4v) is 16.1. The highest BCUT2D eigenvalue weighted by atomic mass is 32.2. The Hall–Kier alpha value is -1.51. The van der Waals surface area contributed by atoms with Gasteiger partial charge >= 0.3 is 5.97 Å². The van der Waals surface area contributed by atoms with E-state index in [4.69, 9.17) is 0 Å². The number of hydrogen-bond donors (Lipinski definition) is 2. The Kier molecular flexibility index (Phi) is 9.92. The molecule has 1 unspecified atom stereocenters. The summed E-state index contributed by atoms with van der Waals surface area (Å²) in [7, 11) is -2.85. The van der Waals surface area contributed by atoms with Crippen LogP contribution in [-0.4, -0.2) is 75.3 Å². The minimum Gasteiger partial charge on any atom is -0.481 e. The van der Waals surface area contributed by atoms with Gasteiger partial charge < -0.3 is 15.3 Å². The molecule has 8 heteroatoms. The molecule has 0 spiro atoms. The van der Waals surface area contributed by atoms with Crippen LogP contribution in [0.1, 0.15) is 119 Å². The number of nitrogens with one attached hydrogen (secondary N) is 1. The molecule has 4 saturated carbocycles. The minimum absolute atomic E-state index is 0.0107. The van der Waals surface area contributed by atoms with Crippen molar-refractivity contribution in [2.24, 2.45) is 62.1 Å². The summed E-state index contributed by atoms with van der Waals surface area (Å²) in [5.74, 6) is 2.76. The van der Waals surface area contributed by atoms with Gasteiger partial charge in [-0.2, -0.15) is 0 Å². The first-order chi connectivity index (χ1) is 24.4. The van der Waals surface area contributed by atoms with Crippen LogP contribution in [0.5, 0.6) is 0 Å². The van der Waals surface area contributed by atoms with Crippen molar-refractivity contribution < 1.29 is 22.7 Å². The van der Waals surface area contributed by atoms with Crippen LogP contribution in [0.25, 0.3) is 0 Å². The number of hydrogen-bond acceptors (Lipinski definition) is 5. The summed E-state index contributed by atoms with van der Waals surface area (Å²) in [6.45, 7) is 23.3. The van der Waals surface area contributed by atoms with Crippen LogP contribution in [0.2, 0.25) is 0 Å². The summed E-state index contributed by atoms with van der Waals surface area (Å²) in [5.41, 5.74) is 3.86. The molecular weight excluding hydrogens is 672 g/mol. The molecule has 0 bridgehead atoms. The smallest absolute Gasteiger partial charge is 0.312 e. The zero-order valence-corrected chi connectivity index (χ0v) is 34.1. The third-order valence-electron chi connectivity index (χ3n) is 18.0. The molecule has 0 amide bonds. The molecule has 0 aromatic heterocycles. The van der Waals surface area contributed by atoms with E-state index in [-0.39, 0.29) is 28.1 Å². The van der Waals surface area contributed by atoms with Gasteiger partial charge in [0.2, 0.25) is 0 Å². The van der Waals surface area contributed by atoms with Gasteiger partial charge in [-0.25, -0.2) is 12.8 Å². The lowest BCUT2D eigenvalue weighted by molar-refractivity contribution is -0.226. The van der Waals surface area contributed by atoms with Gasteiger partial charge in [0.1, 0.15) is 6.67 Å². The zero-order valence-electron chi connectivity index (χ0n) is 33.3. The van der Waals surface area contributed by atoms with Crippen molar-refractivity contribution in [1.82, 2.24) is 10.2 Å². The second-order valence-corrected chi connectivity index (χ2v) is 22.7. The molecule has 10 atom stereocenters. The molecule has 1 heterocycles. The van der Waals surface area contributed by atoms with Crippen molar-refractivity contribution in [1.29, 1.82) is 0 Å². The lowest BCUT2D eigenvalue weighted by Crippen LogP contribution is -2.66. The molecule has 2 N–H and O–H groups in total. The second kappa shape index (κ2) is 13.3. The molecule has 6 nitrogen and oxygen atoms in total. The van der Waals surface area contributed by atoms with Gasteiger partial charge in [-0.15, -0.1) is 0 Å². The predicted octanol–water partition coefficient (Wildman–Crippen LogP) is 8.65.